The highest BCUT2D eigenvalue weighted by molar-refractivity contribution is 5.38. The second-order valence-electron chi connectivity index (χ2n) is 5.44. The van der Waals surface area contributed by atoms with Crippen molar-refractivity contribution in [1.29, 1.82) is 0 Å². The summed E-state index contributed by atoms with van der Waals surface area (Å²) in [5.74, 6) is 0.972. The third-order valence-electron chi connectivity index (χ3n) is 3.70. The van der Waals surface area contributed by atoms with Crippen LogP contribution in [0.3, 0.4) is 0 Å². The lowest BCUT2D eigenvalue weighted by molar-refractivity contribution is 0.405. The monoisotopic (exact) mass is 283 g/mol. The zero-order valence-corrected chi connectivity index (χ0v) is 13.2. The van der Waals surface area contributed by atoms with Crippen molar-refractivity contribution < 1.29 is 4.74 Å². The molecule has 0 spiro atoms. The Balaban J connectivity index is 2.24. The highest BCUT2D eigenvalue weighted by Gasteiger charge is 2.14. The SMILES string of the molecule is CCCNC(Cc1cc(C)ccc1OC)c1ccccc1. The summed E-state index contributed by atoms with van der Waals surface area (Å²) in [4.78, 5) is 0. The first-order valence-electron chi connectivity index (χ1n) is 7.66. The van der Waals surface area contributed by atoms with E-state index in [4.69, 9.17) is 4.74 Å². The van der Waals surface area contributed by atoms with Gasteiger partial charge in [-0.1, -0.05) is 55.0 Å². The Morgan fingerprint density at radius 1 is 1.10 bits per heavy atom. The van der Waals surface area contributed by atoms with Crippen LogP contribution in [0.15, 0.2) is 48.5 Å². The van der Waals surface area contributed by atoms with E-state index >= 15 is 0 Å². The van der Waals surface area contributed by atoms with Crippen LogP contribution in [0.5, 0.6) is 5.75 Å². The van der Waals surface area contributed by atoms with Crippen LogP contribution in [0.4, 0.5) is 0 Å². The Bertz CT molecular complexity index is 551. The predicted octanol–water partition coefficient (Wildman–Crippen LogP) is 4.29. The van der Waals surface area contributed by atoms with Gasteiger partial charge in [-0.2, -0.15) is 0 Å². The van der Waals surface area contributed by atoms with Gasteiger partial charge in [-0.15, -0.1) is 0 Å². The van der Waals surface area contributed by atoms with Crippen LogP contribution in [0.25, 0.3) is 0 Å². The Morgan fingerprint density at radius 2 is 1.86 bits per heavy atom. The second kappa shape index (κ2) is 7.84. The molecule has 0 amide bonds. The van der Waals surface area contributed by atoms with Gasteiger partial charge in [0.1, 0.15) is 5.75 Å². The van der Waals surface area contributed by atoms with Crippen molar-refractivity contribution in [3.63, 3.8) is 0 Å². The average Bonchev–Trinajstić information content (AvgIpc) is 2.52. The zero-order valence-electron chi connectivity index (χ0n) is 13.2. The molecule has 2 rings (SSSR count). The van der Waals surface area contributed by atoms with Gasteiger partial charge in [0, 0.05) is 6.04 Å². The summed E-state index contributed by atoms with van der Waals surface area (Å²) in [6, 6.07) is 17.3. The first-order valence-corrected chi connectivity index (χ1v) is 7.66. The Kier molecular flexibility index (Phi) is 5.82. The van der Waals surface area contributed by atoms with Gasteiger partial charge in [0.2, 0.25) is 0 Å². The highest BCUT2D eigenvalue weighted by atomic mass is 16.5. The largest absolute Gasteiger partial charge is 0.496 e. The molecule has 0 aromatic heterocycles. The number of ether oxygens (including phenoxy) is 1. The molecule has 0 aliphatic carbocycles. The summed E-state index contributed by atoms with van der Waals surface area (Å²) in [6.07, 6.45) is 2.07. The van der Waals surface area contributed by atoms with E-state index in [2.05, 4.69) is 67.7 Å². The molecule has 21 heavy (non-hydrogen) atoms. The van der Waals surface area contributed by atoms with Crippen molar-refractivity contribution in [3.05, 3.63) is 65.2 Å². The van der Waals surface area contributed by atoms with Crippen molar-refractivity contribution in [2.45, 2.75) is 32.7 Å². The summed E-state index contributed by atoms with van der Waals surface area (Å²) < 4.78 is 5.51. The fourth-order valence-electron chi connectivity index (χ4n) is 2.60. The van der Waals surface area contributed by atoms with Crippen LogP contribution < -0.4 is 10.1 Å². The van der Waals surface area contributed by atoms with E-state index < -0.39 is 0 Å². The first-order chi connectivity index (χ1) is 10.2. The fourth-order valence-corrected chi connectivity index (χ4v) is 2.60. The molecule has 2 heteroatoms. The maximum atomic E-state index is 5.51. The van der Waals surface area contributed by atoms with Crippen LogP contribution in [-0.4, -0.2) is 13.7 Å². The van der Waals surface area contributed by atoms with E-state index in [0.29, 0.717) is 6.04 Å². The lowest BCUT2D eigenvalue weighted by Gasteiger charge is -2.20. The van der Waals surface area contributed by atoms with Gasteiger partial charge in [0.25, 0.3) is 0 Å². The molecule has 2 aromatic carbocycles. The number of benzene rings is 2. The van der Waals surface area contributed by atoms with Crippen LogP contribution in [0, 0.1) is 6.92 Å². The molecule has 2 nitrogen and oxygen atoms in total. The van der Waals surface area contributed by atoms with E-state index in [9.17, 15) is 0 Å². The van der Waals surface area contributed by atoms with Gasteiger partial charge in [-0.3, -0.25) is 0 Å². The lowest BCUT2D eigenvalue weighted by Crippen LogP contribution is -2.24. The molecule has 0 aliphatic rings. The summed E-state index contributed by atoms with van der Waals surface area (Å²) in [6.45, 7) is 5.34. The van der Waals surface area contributed by atoms with Crippen LogP contribution in [0.1, 0.15) is 36.1 Å². The van der Waals surface area contributed by atoms with Gasteiger partial charge in [0.15, 0.2) is 0 Å². The third kappa shape index (κ3) is 4.33. The number of nitrogens with one attached hydrogen (secondary N) is 1. The summed E-state index contributed by atoms with van der Waals surface area (Å²) in [7, 11) is 1.74. The molecule has 0 radical (unpaired) electrons. The van der Waals surface area contributed by atoms with Crippen LogP contribution in [-0.2, 0) is 6.42 Å². The Hall–Kier alpha value is -1.80. The molecule has 0 fully saturated rings. The van der Waals surface area contributed by atoms with E-state index in [1.54, 1.807) is 7.11 Å². The molecule has 2 aromatic rings. The molecule has 1 atom stereocenters. The summed E-state index contributed by atoms with van der Waals surface area (Å²) in [5.41, 5.74) is 3.86. The quantitative estimate of drug-likeness (QED) is 0.818. The second-order valence-corrected chi connectivity index (χ2v) is 5.44. The number of hydrogen-bond acceptors (Lipinski definition) is 2. The Labute approximate surface area is 128 Å². The van der Waals surface area contributed by atoms with Crippen LogP contribution >= 0.6 is 0 Å². The summed E-state index contributed by atoms with van der Waals surface area (Å²) in [5, 5.41) is 3.65. The zero-order chi connectivity index (χ0) is 15.1. The van der Waals surface area contributed by atoms with Crippen molar-refractivity contribution in [2.75, 3.05) is 13.7 Å². The van der Waals surface area contributed by atoms with Gasteiger partial charge in [0.05, 0.1) is 7.11 Å². The standard InChI is InChI=1S/C19H25NO/c1-4-12-20-18(16-8-6-5-7-9-16)14-17-13-15(2)10-11-19(17)21-3/h5-11,13,18,20H,4,12,14H2,1-3H3. The topological polar surface area (TPSA) is 21.3 Å². The van der Waals surface area contributed by atoms with Crippen molar-refractivity contribution in [1.82, 2.24) is 5.32 Å². The first kappa shape index (κ1) is 15.6. The lowest BCUT2D eigenvalue weighted by atomic mass is 9.97. The molecule has 0 bridgehead atoms. The molecule has 0 saturated carbocycles. The molecule has 1 unspecified atom stereocenters. The minimum atomic E-state index is 0.321. The number of methoxy groups -OCH3 is 1. The molecule has 0 aliphatic heterocycles. The van der Waals surface area contributed by atoms with E-state index in [1.165, 1.54) is 16.7 Å². The fraction of sp³-hybridized carbons (Fsp3) is 0.368. The van der Waals surface area contributed by atoms with Crippen molar-refractivity contribution >= 4 is 0 Å². The molecular weight excluding hydrogens is 258 g/mol. The predicted molar refractivity (Wildman–Crippen MR) is 88.9 cm³/mol. The normalized spacial score (nSPS) is 12.1. The molecule has 112 valence electrons. The molecule has 1 N–H and O–H groups in total. The molecule has 0 heterocycles. The number of aryl methyl sites for hydroxylation is 1. The van der Waals surface area contributed by atoms with E-state index in [1.807, 2.05) is 0 Å². The van der Waals surface area contributed by atoms with Crippen LogP contribution in [0.2, 0.25) is 0 Å². The third-order valence-corrected chi connectivity index (χ3v) is 3.70. The van der Waals surface area contributed by atoms with Gasteiger partial charge in [-0.05, 0) is 43.5 Å². The summed E-state index contributed by atoms with van der Waals surface area (Å²) >= 11 is 0. The average molecular weight is 283 g/mol. The maximum absolute atomic E-state index is 5.51. The smallest absolute Gasteiger partial charge is 0.122 e. The minimum Gasteiger partial charge on any atom is -0.496 e. The minimum absolute atomic E-state index is 0.321. The number of hydrogen-bond donors (Lipinski definition) is 1. The maximum Gasteiger partial charge on any atom is 0.122 e. The van der Waals surface area contributed by atoms with Crippen molar-refractivity contribution in [3.8, 4) is 5.75 Å². The Morgan fingerprint density at radius 3 is 2.52 bits per heavy atom. The molecular formula is C19H25NO. The van der Waals surface area contributed by atoms with Gasteiger partial charge < -0.3 is 10.1 Å². The van der Waals surface area contributed by atoms with Crippen molar-refractivity contribution in [2.24, 2.45) is 0 Å². The number of rotatable bonds is 7. The van der Waals surface area contributed by atoms with E-state index in [-0.39, 0.29) is 0 Å². The highest BCUT2D eigenvalue weighted by Crippen LogP contribution is 2.26. The molecule has 0 saturated heterocycles. The van der Waals surface area contributed by atoms with E-state index in [0.717, 1.165) is 25.1 Å². The van der Waals surface area contributed by atoms with Gasteiger partial charge in [-0.25, -0.2) is 0 Å². The van der Waals surface area contributed by atoms with Gasteiger partial charge >= 0.3 is 0 Å².